The number of amides is 1. The molecule has 1 aromatic heterocycles. The lowest BCUT2D eigenvalue weighted by Gasteiger charge is -2.32. The van der Waals surface area contributed by atoms with E-state index >= 15 is 0 Å². The summed E-state index contributed by atoms with van der Waals surface area (Å²) in [7, 11) is 0. The van der Waals surface area contributed by atoms with Gasteiger partial charge in [0.25, 0.3) is 0 Å². The minimum atomic E-state index is 0.213. The fraction of sp³-hybridized carbons (Fsp3) is 0.688. The summed E-state index contributed by atoms with van der Waals surface area (Å²) >= 11 is 1.45. The van der Waals surface area contributed by atoms with E-state index in [-0.39, 0.29) is 11.9 Å². The van der Waals surface area contributed by atoms with Gasteiger partial charge in [0.1, 0.15) is 0 Å². The van der Waals surface area contributed by atoms with Gasteiger partial charge in [0.05, 0.1) is 5.75 Å². The molecule has 0 saturated heterocycles. The zero-order valence-electron chi connectivity index (χ0n) is 13.4. The third kappa shape index (κ3) is 4.43. The van der Waals surface area contributed by atoms with Crippen LogP contribution in [0.1, 0.15) is 50.9 Å². The molecule has 0 spiro atoms. The zero-order valence-corrected chi connectivity index (χ0v) is 14.2. The van der Waals surface area contributed by atoms with Gasteiger partial charge in [-0.15, -0.1) is 0 Å². The smallest absolute Gasteiger partial charge is 0.233 e. The highest BCUT2D eigenvalue weighted by atomic mass is 32.2. The van der Waals surface area contributed by atoms with Crippen LogP contribution in [-0.4, -0.2) is 38.6 Å². The largest absolute Gasteiger partial charge is 0.337 e. The summed E-state index contributed by atoms with van der Waals surface area (Å²) < 4.78 is 0. The molecule has 1 aromatic rings. The third-order valence-electron chi connectivity index (χ3n) is 3.85. The summed E-state index contributed by atoms with van der Waals surface area (Å²) in [4.78, 5) is 23.4. The SMILES string of the molecule is Cc1cc(C)nc(SCC(=O)N(C(C)C)C2CCCC2)n1. The number of aryl methyl sites for hydroxylation is 2. The second-order valence-electron chi connectivity index (χ2n) is 6.05. The molecule has 1 amide bonds. The van der Waals surface area contributed by atoms with E-state index in [1.165, 1.54) is 24.6 Å². The van der Waals surface area contributed by atoms with Crippen molar-refractivity contribution in [2.24, 2.45) is 0 Å². The van der Waals surface area contributed by atoms with Crippen LogP contribution >= 0.6 is 11.8 Å². The van der Waals surface area contributed by atoms with Crippen molar-refractivity contribution in [3.05, 3.63) is 17.5 Å². The minimum absolute atomic E-state index is 0.213. The minimum Gasteiger partial charge on any atom is -0.337 e. The number of thioether (sulfide) groups is 1. The molecule has 0 unspecified atom stereocenters. The molecule has 4 nitrogen and oxygen atoms in total. The van der Waals surface area contributed by atoms with Gasteiger partial charge in [-0.25, -0.2) is 9.97 Å². The van der Waals surface area contributed by atoms with Crippen molar-refractivity contribution in [1.29, 1.82) is 0 Å². The summed E-state index contributed by atoms with van der Waals surface area (Å²) in [6, 6.07) is 2.64. The van der Waals surface area contributed by atoms with Gasteiger partial charge in [0, 0.05) is 23.5 Å². The molecule has 1 heterocycles. The predicted molar refractivity (Wildman–Crippen MR) is 86.5 cm³/mol. The lowest BCUT2D eigenvalue weighted by atomic mass is 10.1. The highest BCUT2D eigenvalue weighted by Gasteiger charge is 2.28. The first kappa shape index (κ1) is 16.3. The number of aromatic nitrogens is 2. The fourth-order valence-electron chi connectivity index (χ4n) is 3.05. The van der Waals surface area contributed by atoms with Crippen LogP contribution in [0.5, 0.6) is 0 Å². The summed E-state index contributed by atoms with van der Waals surface area (Å²) in [5, 5.41) is 0.705. The Morgan fingerprint density at radius 1 is 1.29 bits per heavy atom. The number of hydrogen-bond acceptors (Lipinski definition) is 4. The lowest BCUT2D eigenvalue weighted by molar-refractivity contribution is -0.132. The normalized spacial score (nSPS) is 15.7. The van der Waals surface area contributed by atoms with E-state index in [9.17, 15) is 4.79 Å². The molecule has 5 heteroatoms. The van der Waals surface area contributed by atoms with E-state index in [1.807, 2.05) is 19.9 Å². The van der Waals surface area contributed by atoms with Gasteiger partial charge >= 0.3 is 0 Å². The quantitative estimate of drug-likeness (QED) is 0.618. The summed E-state index contributed by atoms with van der Waals surface area (Å²) in [5.41, 5.74) is 1.91. The Kier molecular flexibility index (Phi) is 5.62. The molecule has 0 bridgehead atoms. The van der Waals surface area contributed by atoms with Crippen LogP contribution in [0.4, 0.5) is 0 Å². The molecule has 2 rings (SSSR count). The van der Waals surface area contributed by atoms with Crippen LogP contribution < -0.4 is 0 Å². The number of carbonyl (C=O) groups is 1. The summed E-state index contributed by atoms with van der Waals surface area (Å²) in [5.74, 6) is 0.641. The maximum atomic E-state index is 12.6. The third-order valence-corrected chi connectivity index (χ3v) is 4.68. The van der Waals surface area contributed by atoms with Crippen LogP contribution in [0, 0.1) is 13.8 Å². The molecule has 0 atom stereocenters. The second kappa shape index (κ2) is 7.25. The van der Waals surface area contributed by atoms with Gasteiger partial charge in [-0.05, 0) is 46.6 Å². The topological polar surface area (TPSA) is 46.1 Å². The molecular formula is C16H25N3OS. The van der Waals surface area contributed by atoms with Crippen molar-refractivity contribution in [1.82, 2.24) is 14.9 Å². The van der Waals surface area contributed by atoms with Crippen LogP contribution in [0.2, 0.25) is 0 Å². The number of carbonyl (C=O) groups excluding carboxylic acids is 1. The fourth-order valence-corrected chi connectivity index (χ4v) is 3.87. The monoisotopic (exact) mass is 307 g/mol. The maximum Gasteiger partial charge on any atom is 0.233 e. The number of rotatable bonds is 5. The van der Waals surface area contributed by atoms with E-state index in [0.717, 1.165) is 24.2 Å². The Morgan fingerprint density at radius 2 is 1.86 bits per heavy atom. The molecule has 1 fully saturated rings. The second-order valence-corrected chi connectivity index (χ2v) is 7.00. The summed E-state index contributed by atoms with van der Waals surface area (Å²) in [6.07, 6.45) is 4.78. The molecule has 0 aliphatic heterocycles. The van der Waals surface area contributed by atoms with Crippen molar-refractivity contribution in [2.75, 3.05) is 5.75 Å². The molecule has 0 aromatic carbocycles. The molecule has 0 radical (unpaired) electrons. The predicted octanol–water partition coefficient (Wildman–Crippen LogP) is 3.37. The standard InChI is InChI=1S/C16H25N3OS/c1-11(2)19(14-7-5-6-8-14)15(20)10-21-16-17-12(3)9-13(4)18-16/h9,11,14H,5-8,10H2,1-4H3. The van der Waals surface area contributed by atoms with Gasteiger partial charge in [-0.2, -0.15) is 0 Å². The maximum absolute atomic E-state index is 12.6. The van der Waals surface area contributed by atoms with Gasteiger partial charge in [-0.3, -0.25) is 4.79 Å². The average molecular weight is 307 g/mol. The Morgan fingerprint density at radius 3 is 2.38 bits per heavy atom. The molecule has 1 aliphatic carbocycles. The van der Waals surface area contributed by atoms with Crippen molar-refractivity contribution in [2.45, 2.75) is 70.6 Å². The lowest BCUT2D eigenvalue weighted by Crippen LogP contribution is -2.44. The first-order chi connectivity index (χ1) is 9.97. The Bertz CT molecular complexity index is 478. The van der Waals surface area contributed by atoms with Gasteiger partial charge < -0.3 is 4.90 Å². The van der Waals surface area contributed by atoms with E-state index in [1.54, 1.807) is 0 Å². The highest BCUT2D eigenvalue weighted by Crippen LogP contribution is 2.26. The first-order valence-corrected chi connectivity index (χ1v) is 8.72. The van der Waals surface area contributed by atoms with Gasteiger partial charge in [-0.1, -0.05) is 24.6 Å². The Labute approximate surface area is 131 Å². The zero-order chi connectivity index (χ0) is 15.4. The van der Waals surface area contributed by atoms with Gasteiger partial charge in [0.15, 0.2) is 5.16 Å². The van der Waals surface area contributed by atoms with Crippen molar-refractivity contribution in [3.63, 3.8) is 0 Å². The molecular weight excluding hydrogens is 282 g/mol. The van der Waals surface area contributed by atoms with E-state index in [4.69, 9.17) is 0 Å². The van der Waals surface area contributed by atoms with Crippen LogP contribution in [0.3, 0.4) is 0 Å². The molecule has 1 aliphatic rings. The van der Waals surface area contributed by atoms with Gasteiger partial charge in [0.2, 0.25) is 5.91 Å². The van der Waals surface area contributed by atoms with Crippen molar-refractivity contribution in [3.8, 4) is 0 Å². The number of nitrogens with zero attached hydrogens (tertiary/aromatic N) is 3. The summed E-state index contributed by atoms with van der Waals surface area (Å²) in [6.45, 7) is 8.13. The average Bonchev–Trinajstić information content (AvgIpc) is 2.88. The molecule has 1 saturated carbocycles. The van der Waals surface area contributed by atoms with E-state index in [0.29, 0.717) is 17.0 Å². The Balaban J connectivity index is 1.98. The van der Waals surface area contributed by atoms with E-state index < -0.39 is 0 Å². The van der Waals surface area contributed by atoms with Crippen LogP contribution in [0.15, 0.2) is 11.2 Å². The molecule has 116 valence electrons. The van der Waals surface area contributed by atoms with Crippen LogP contribution in [-0.2, 0) is 4.79 Å². The molecule has 21 heavy (non-hydrogen) atoms. The van der Waals surface area contributed by atoms with Crippen molar-refractivity contribution >= 4 is 17.7 Å². The number of hydrogen-bond donors (Lipinski definition) is 0. The first-order valence-electron chi connectivity index (χ1n) is 7.73. The van der Waals surface area contributed by atoms with Crippen molar-refractivity contribution < 1.29 is 4.79 Å². The van der Waals surface area contributed by atoms with Crippen LogP contribution in [0.25, 0.3) is 0 Å². The highest BCUT2D eigenvalue weighted by molar-refractivity contribution is 7.99. The molecule has 0 N–H and O–H groups in total. The Hall–Kier alpha value is -1.10. The van der Waals surface area contributed by atoms with E-state index in [2.05, 4.69) is 28.7 Å².